The molecule has 0 atom stereocenters. The summed E-state index contributed by atoms with van der Waals surface area (Å²) in [6.07, 6.45) is 3.49. The first-order valence-corrected chi connectivity index (χ1v) is 12.9. The van der Waals surface area contributed by atoms with Gasteiger partial charge in [0, 0.05) is 40.4 Å². The molecular formula is C27H23BrN6OS. The Balaban J connectivity index is 1.73. The van der Waals surface area contributed by atoms with Crippen molar-refractivity contribution in [3.8, 4) is 16.9 Å². The van der Waals surface area contributed by atoms with E-state index >= 15 is 0 Å². The van der Waals surface area contributed by atoms with E-state index in [1.54, 1.807) is 17.1 Å². The molecule has 0 aliphatic heterocycles. The van der Waals surface area contributed by atoms with Crippen molar-refractivity contribution in [3.05, 3.63) is 115 Å². The molecule has 3 aromatic heterocycles. The van der Waals surface area contributed by atoms with Crippen LogP contribution in [0.5, 0.6) is 0 Å². The van der Waals surface area contributed by atoms with Gasteiger partial charge in [-0.15, -0.1) is 11.3 Å². The number of benzene rings is 2. The van der Waals surface area contributed by atoms with Gasteiger partial charge in [-0.05, 0) is 50.2 Å². The van der Waals surface area contributed by atoms with Gasteiger partial charge >= 0.3 is 0 Å². The van der Waals surface area contributed by atoms with Crippen LogP contribution < -0.4 is 10.4 Å². The lowest BCUT2D eigenvalue weighted by Gasteiger charge is -2.07. The molecule has 0 aliphatic rings. The number of aromatic nitrogens is 4. The highest BCUT2D eigenvalue weighted by atomic mass is 79.9. The number of rotatable bonds is 5. The quantitative estimate of drug-likeness (QED) is 0.260. The number of hydrogen-bond donors (Lipinski definition) is 0. The van der Waals surface area contributed by atoms with Gasteiger partial charge in [0.15, 0.2) is 5.69 Å². The van der Waals surface area contributed by atoms with Gasteiger partial charge < -0.3 is 0 Å². The van der Waals surface area contributed by atoms with E-state index in [0.29, 0.717) is 10.5 Å². The Kier molecular flexibility index (Phi) is 6.67. The van der Waals surface area contributed by atoms with Crippen LogP contribution in [0.25, 0.3) is 16.9 Å². The molecule has 7 nitrogen and oxygen atoms in total. The second kappa shape index (κ2) is 10.0. The van der Waals surface area contributed by atoms with Crippen LogP contribution in [0.3, 0.4) is 0 Å². The zero-order valence-corrected chi connectivity index (χ0v) is 22.4. The van der Waals surface area contributed by atoms with Crippen LogP contribution >= 0.6 is 27.3 Å². The third kappa shape index (κ3) is 4.55. The Labute approximate surface area is 220 Å². The van der Waals surface area contributed by atoms with Crippen molar-refractivity contribution in [2.75, 3.05) is 0 Å². The summed E-state index contributed by atoms with van der Waals surface area (Å²) >= 11 is 4.95. The molecule has 0 amide bonds. The molecule has 5 rings (SSSR count). The summed E-state index contributed by atoms with van der Waals surface area (Å²) in [4.78, 5) is 23.0. The first kappa shape index (κ1) is 23.9. The third-order valence-electron chi connectivity index (χ3n) is 5.90. The fourth-order valence-corrected chi connectivity index (χ4v) is 4.97. The van der Waals surface area contributed by atoms with E-state index in [4.69, 9.17) is 10.1 Å². The van der Waals surface area contributed by atoms with E-state index in [-0.39, 0.29) is 5.56 Å². The smallest absolute Gasteiger partial charge is 0.283 e. The van der Waals surface area contributed by atoms with E-state index in [1.807, 2.05) is 102 Å². The molecule has 0 unspecified atom stereocenters. The number of hydrogen-bond acceptors (Lipinski definition) is 5. The topological polar surface area (TPSA) is 69.5 Å². The Bertz CT molecular complexity index is 1680. The average Bonchev–Trinajstić information content (AvgIpc) is 3.39. The summed E-state index contributed by atoms with van der Waals surface area (Å²) < 4.78 is 6.27. The third-order valence-corrected chi connectivity index (χ3v) is 7.25. The number of halogens is 1. The van der Waals surface area contributed by atoms with Crippen LogP contribution in [-0.2, 0) is 7.05 Å². The normalized spacial score (nSPS) is 12.3. The van der Waals surface area contributed by atoms with E-state index in [2.05, 4.69) is 20.9 Å². The van der Waals surface area contributed by atoms with E-state index < -0.39 is 0 Å². The predicted molar refractivity (Wildman–Crippen MR) is 148 cm³/mol. The Morgan fingerprint density at radius 3 is 2.39 bits per heavy atom. The van der Waals surface area contributed by atoms with Crippen LogP contribution in [0.4, 0.5) is 5.69 Å². The molecule has 2 aromatic carbocycles. The largest absolute Gasteiger partial charge is 0.297 e. The zero-order chi connectivity index (χ0) is 25.2. The highest BCUT2D eigenvalue weighted by molar-refractivity contribution is 9.10. The van der Waals surface area contributed by atoms with E-state index in [0.717, 1.165) is 38.4 Å². The molecule has 0 radical (unpaired) electrons. The summed E-state index contributed by atoms with van der Waals surface area (Å²) in [6, 6.07) is 21.4. The van der Waals surface area contributed by atoms with Crippen molar-refractivity contribution in [1.29, 1.82) is 0 Å². The van der Waals surface area contributed by atoms with Gasteiger partial charge in [-0.25, -0.2) is 14.4 Å². The maximum Gasteiger partial charge on any atom is 0.297 e. The molecule has 0 N–H and O–H groups in total. The minimum Gasteiger partial charge on any atom is -0.283 e. The van der Waals surface area contributed by atoms with Crippen molar-refractivity contribution in [2.45, 2.75) is 13.8 Å². The monoisotopic (exact) mass is 558 g/mol. The minimum atomic E-state index is -0.179. The van der Waals surface area contributed by atoms with Crippen molar-refractivity contribution >= 4 is 38.7 Å². The number of pyridine rings is 1. The Morgan fingerprint density at radius 1 is 1.00 bits per heavy atom. The molecule has 5 aromatic rings. The molecule has 0 fully saturated rings. The standard InChI is InChI=1S/C27H23BrN6OS/c1-18(20-13-15-29-16-14-20)31-33-24(21-9-11-22(28)12-10-21)17-36-27(33)30-25-19(2)32(3)34(26(25)35)23-7-5-4-6-8-23/h4-17H,1-3H3. The molecule has 0 saturated heterocycles. The number of para-hydroxylation sites is 1. The Hall–Kier alpha value is -3.82. The van der Waals surface area contributed by atoms with Crippen LogP contribution in [0, 0.1) is 6.92 Å². The lowest BCUT2D eigenvalue weighted by atomic mass is 10.2. The van der Waals surface area contributed by atoms with Crippen LogP contribution in [0.15, 0.2) is 104 Å². The van der Waals surface area contributed by atoms with Gasteiger partial charge in [0.2, 0.25) is 4.80 Å². The summed E-state index contributed by atoms with van der Waals surface area (Å²) in [6.45, 7) is 3.85. The molecule has 0 saturated carbocycles. The SMILES string of the molecule is CC(=Nn1c(-c2ccc(Br)cc2)csc1=Nc1c(C)n(C)n(-c2ccccc2)c1=O)c1ccncc1. The van der Waals surface area contributed by atoms with Gasteiger partial charge in [0.1, 0.15) is 0 Å². The maximum atomic E-state index is 13.5. The second-order valence-electron chi connectivity index (χ2n) is 8.17. The van der Waals surface area contributed by atoms with Gasteiger partial charge in [-0.3, -0.25) is 14.5 Å². The highest BCUT2D eigenvalue weighted by Crippen LogP contribution is 2.24. The summed E-state index contributed by atoms with van der Waals surface area (Å²) in [5.74, 6) is 0. The second-order valence-corrected chi connectivity index (χ2v) is 9.92. The molecule has 0 spiro atoms. The molecule has 36 heavy (non-hydrogen) atoms. The van der Waals surface area contributed by atoms with Crippen molar-refractivity contribution in [2.24, 2.45) is 17.1 Å². The van der Waals surface area contributed by atoms with Crippen LogP contribution in [-0.4, -0.2) is 24.7 Å². The number of nitrogens with zero attached hydrogens (tertiary/aromatic N) is 6. The van der Waals surface area contributed by atoms with Crippen molar-refractivity contribution in [1.82, 2.24) is 19.0 Å². The summed E-state index contributed by atoms with van der Waals surface area (Å²) in [7, 11) is 1.87. The van der Waals surface area contributed by atoms with Crippen molar-refractivity contribution < 1.29 is 0 Å². The predicted octanol–water partition coefficient (Wildman–Crippen LogP) is 5.68. The average molecular weight is 559 g/mol. The lowest BCUT2D eigenvalue weighted by molar-refractivity contribution is 0.630. The fraction of sp³-hybridized carbons (Fsp3) is 0.111. The summed E-state index contributed by atoms with van der Waals surface area (Å²) in [5.41, 5.74) is 5.41. The van der Waals surface area contributed by atoms with Crippen LogP contribution in [0.2, 0.25) is 0 Å². The fourth-order valence-electron chi connectivity index (χ4n) is 3.87. The first-order valence-electron chi connectivity index (χ1n) is 11.3. The maximum absolute atomic E-state index is 13.5. The lowest BCUT2D eigenvalue weighted by Crippen LogP contribution is -2.20. The minimum absolute atomic E-state index is 0.179. The van der Waals surface area contributed by atoms with E-state index in [9.17, 15) is 4.79 Å². The Morgan fingerprint density at radius 2 is 1.69 bits per heavy atom. The first-order chi connectivity index (χ1) is 17.4. The summed E-state index contributed by atoms with van der Waals surface area (Å²) in [5, 5.41) is 6.94. The highest BCUT2D eigenvalue weighted by Gasteiger charge is 2.17. The van der Waals surface area contributed by atoms with Crippen LogP contribution in [0.1, 0.15) is 18.2 Å². The molecule has 0 bridgehead atoms. The van der Waals surface area contributed by atoms with Gasteiger partial charge in [0.05, 0.1) is 22.8 Å². The molecule has 3 heterocycles. The number of thiazole rings is 1. The van der Waals surface area contributed by atoms with Gasteiger partial charge in [-0.1, -0.05) is 46.3 Å². The molecule has 9 heteroatoms. The molecule has 0 aliphatic carbocycles. The molecular weight excluding hydrogens is 536 g/mol. The van der Waals surface area contributed by atoms with Gasteiger partial charge in [0.25, 0.3) is 5.56 Å². The van der Waals surface area contributed by atoms with Crippen molar-refractivity contribution in [3.63, 3.8) is 0 Å². The zero-order valence-electron chi connectivity index (χ0n) is 20.0. The van der Waals surface area contributed by atoms with Gasteiger partial charge in [-0.2, -0.15) is 5.10 Å². The molecule has 180 valence electrons. The van der Waals surface area contributed by atoms with E-state index in [1.165, 1.54) is 11.3 Å².